The van der Waals surface area contributed by atoms with Crippen molar-refractivity contribution in [3.8, 4) is 11.5 Å². The Labute approximate surface area is 107 Å². The maximum Gasteiger partial charge on any atom is 0.254 e. The van der Waals surface area contributed by atoms with Crippen LogP contribution < -0.4 is 14.8 Å². The number of quaternary nitrogens is 1. The van der Waals surface area contributed by atoms with Crippen LogP contribution in [0.2, 0.25) is 0 Å². The van der Waals surface area contributed by atoms with Crippen molar-refractivity contribution in [3.05, 3.63) is 23.8 Å². The summed E-state index contributed by atoms with van der Waals surface area (Å²) in [5, 5.41) is 2.22. The fourth-order valence-electron chi connectivity index (χ4n) is 2.07. The normalized spacial score (nSPS) is 15.3. The molecule has 1 aliphatic rings. The molecule has 0 bridgehead atoms. The third-order valence-corrected chi connectivity index (χ3v) is 3.09. The molecule has 98 valence electrons. The highest BCUT2D eigenvalue weighted by molar-refractivity contribution is 5.95. The van der Waals surface area contributed by atoms with E-state index in [0.717, 1.165) is 26.2 Å². The highest BCUT2D eigenvalue weighted by Crippen LogP contribution is 2.23. The van der Waals surface area contributed by atoms with Crippen LogP contribution in [-0.2, 0) is 0 Å². The van der Waals surface area contributed by atoms with Gasteiger partial charge in [0.05, 0.1) is 40.4 Å². The van der Waals surface area contributed by atoms with Crippen molar-refractivity contribution < 1.29 is 19.6 Å². The Balaban J connectivity index is 2.22. The molecule has 5 heteroatoms. The topological polar surface area (TPSA) is 55.4 Å². The molecule has 1 saturated heterocycles. The zero-order valence-corrected chi connectivity index (χ0v) is 10.8. The van der Waals surface area contributed by atoms with Gasteiger partial charge in [-0.3, -0.25) is 4.79 Å². The van der Waals surface area contributed by atoms with Gasteiger partial charge in [0.15, 0.2) is 0 Å². The van der Waals surface area contributed by atoms with E-state index < -0.39 is 0 Å². The summed E-state index contributed by atoms with van der Waals surface area (Å²) in [5.41, 5.74) is 0.619. The first-order valence-corrected chi connectivity index (χ1v) is 6.08. The third-order valence-electron chi connectivity index (χ3n) is 3.09. The van der Waals surface area contributed by atoms with Gasteiger partial charge in [-0.1, -0.05) is 0 Å². The number of hydrogen-bond donors (Lipinski definition) is 1. The van der Waals surface area contributed by atoms with Gasteiger partial charge < -0.3 is 19.7 Å². The molecule has 1 aliphatic heterocycles. The average molecular weight is 251 g/mol. The quantitative estimate of drug-likeness (QED) is 0.804. The van der Waals surface area contributed by atoms with Gasteiger partial charge in [0.25, 0.3) is 5.91 Å². The first-order valence-electron chi connectivity index (χ1n) is 6.08. The minimum absolute atomic E-state index is 0.0419. The van der Waals surface area contributed by atoms with Gasteiger partial charge in [-0.15, -0.1) is 0 Å². The van der Waals surface area contributed by atoms with E-state index in [0.29, 0.717) is 17.1 Å². The number of methoxy groups -OCH3 is 2. The van der Waals surface area contributed by atoms with Crippen molar-refractivity contribution in [1.29, 1.82) is 0 Å². The van der Waals surface area contributed by atoms with Gasteiger partial charge >= 0.3 is 0 Å². The second-order valence-corrected chi connectivity index (χ2v) is 4.26. The predicted octanol–water partition coefficient (Wildman–Crippen LogP) is -0.277. The van der Waals surface area contributed by atoms with E-state index in [4.69, 9.17) is 9.47 Å². The maximum atomic E-state index is 12.3. The summed E-state index contributed by atoms with van der Waals surface area (Å²) in [7, 11) is 3.16. The number of amides is 1. The van der Waals surface area contributed by atoms with Crippen LogP contribution in [0.1, 0.15) is 10.4 Å². The van der Waals surface area contributed by atoms with Gasteiger partial charge in [0.2, 0.25) is 0 Å². The molecule has 0 aliphatic carbocycles. The molecule has 1 fully saturated rings. The first-order chi connectivity index (χ1) is 8.74. The van der Waals surface area contributed by atoms with Crippen LogP contribution in [0.25, 0.3) is 0 Å². The summed E-state index contributed by atoms with van der Waals surface area (Å²) in [6.07, 6.45) is 0. The average Bonchev–Trinajstić information content (AvgIpc) is 2.46. The molecule has 1 aromatic carbocycles. The van der Waals surface area contributed by atoms with Gasteiger partial charge in [0.1, 0.15) is 11.5 Å². The lowest BCUT2D eigenvalue weighted by Gasteiger charge is -2.25. The van der Waals surface area contributed by atoms with Gasteiger partial charge in [-0.2, -0.15) is 0 Å². The maximum absolute atomic E-state index is 12.3. The minimum Gasteiger partial charge on any atom is -0.497 e. The van der Waals surface area contributed by atoms with Gasteiger partial charge in [-0.05, 0) is 12.1 Å². The summed E-state index contributed by atoms with van der Waals surface area (Å²) in [6, 6.07) is 5.27. The van der Waals surface area contributed by atoms with Crippen LogP contribution in [0.3, 0.4) is 0 Å². The number of benzene rings is 1. The molecule has 1 heterocycles. The minimum atomic E-state index is 0.0419. The van der Waals surface area contributed by atoms with E-state index in [2.05, 4.69) is 5.32 Å². The van der Waals surface area contributed by atoms with Crippen molar-refractivity contribution >= 4 is 5.91 Å². The lowest BCUT2D eigenvalue weighted by molar-refractivity contribution is -0.661. The molecule has 2 N–H and O–H groups in total. The number of hydrogen-bond acceptors (Lipinski definition) is 3. The molecular formula is C13H19N2O3+. The number of ether oxygens (including phenoxy) is 2. The van der Waals surface area contributed by atoms with Gasteiger partial charge in [0, 0.05) is 11.6 Å². The molecule has 0 aromatic heterocycles. The molecule has 0 saturated carbocycles. The van der Waals surface area contributed by atoms with E-state index in [1.54, 1.807) is 32.4 Å². The molecule has 1 amide bonds. The molecule has 0 unspecified atom stereocenters. The fraction of sp³-hybridized carbons (Fsp3) is 0.462. The Morgan fingerprint density at radius 3 is 2.17 bits per heavy atom. The Hall–Kier alpha value is -1.75. The molecular weight excluding hydrogens is 232 g/mol. The van der Waals surface area contributed by atoms with Crippen LogP contribution in [-0.4, -0.2) is 51.2 Å². The highest BCUT2D eigenvalue weighted by Gasteiger charge is 2.20. The van der Waals surface area contributed by atoms with E-state index >= 15 is 0 Å². The van der Waals surface area contributed by atoms with Crippen molar-refractivity contribution in [3.63, 3.8) is 0 Å². The third kappa shape index (κ3) is 2.73. The number of nitrogens with two attached hydrogens (primary N) is 1. The van der Waals surface area contributed by atoms with E-state index in [9.17, 15) is 4.79 Å². The number of nitrogens with zero attached hydrogens (tertiary/aromatic N) is 1. The van der Waals surface area contributed by atoms with Crippen LogP contribution in [0.4, 0.5) is 0 Å². The largest absolute Gasteiger partial charge is 0.497 e. The lowest BCUT2D eigenvalue weighted by atomic mass is 10.1. The number of piperazine rings is 1. The summed E-state index contributed by atoms with van der Waals surface area (Å²) in [4.78, 5) is 14.2. The number of carbonyl (C=O) groups excluding carboxylic acids is 1. The molecule has 0 atom stereocenters. The van der Waals surface area contributed by atoms with E-state index in [1.807, 2.05) is 4.90 Å². The zero-order valence-electron chi connectivity index (χ0n) is 10.8. The predicted molar refractivity (Wildman–Crippen MR) is 67.1 cm³/mol. The smallest absolute Gasteiger partial charge is 0.254 e. The standard InChI is InChI=1S/C13H18N2O3/c1-17-11-7-10(8-12(9-11)18-2)13(16)15-5-3-14-4-6-15/h7-9,14H,3-6H2,1-2H3/p+1. The highest BCUT2D eigenvalue weighted by atomic mass is 16.5. The Bertz CT molecular complexity index is 406. The fourth-order valence-corrected chi connectivity index (χ4v) is 2.07. The van der Waals surface area contributed by atoms with Crippen LogP contribution in [0.15, 0.2) is 18.2 Å². The lowest BCUT2D eigenvalue weighted by Crippen LogP contribution is -2.89. The van der Waals surface area contributed by atoms with Crippen molar-refractivity contribution in [2.24, 2.45) is 0 Å². The Kier molecular flexibility index (Phi) is 4.04. The van der Waals surface area contributed by atoms with Crippen molar-refractivity contribution in [2.75, 3.05) is 40.4 Å². The zero-order chi connectivity index (χ0) is 13.0. The summed E-state index contributed by atoms with van der Waals surface area (Å²) >= 11 is 0. The Morgan fingerprint density at radius 1 is 1.11 bits per heavy atom. The molecule has 5 nitrogen and oxygen atoms in total. The number of rotatable bonds is 3. The van der Waals surface area contributed by atoms with Crippen molar-refractivity contribution in [1.82, 2.24) is 4.90 Å². The van der Waals surface area contributed by atoms with E-state index in [-0.39, 0.29) is 5.91 Å². The summed E-state index contributed by atoms with van der Waals surface area (Å²) < 4.78 is 10.4. The van der Waals surface area contributed by atoms with Crippen molar-refractivity contribution in [2.45, 2.75) is 0 Å². The monoisotopic (exact) mass is 251 g/mol. The molecule has 18 heavy (non-hydrogen) atoms. The number of carbonyl (C=O) groups is 1. The van der Waals surface area contributed by atoms with Gasteiger partial charge in [-0.25, -0.2) is 0 Å². The van der Waals surface area contributed by atoms with Crippen LogP contribution in [0, 0.1) is 0 Å². The SMILES string of the molecule is COc1cc(OC)cc(C(=O)N2CC[NH2+]CC2)c1. The Morgan fingerprint density at radius 2 is 1.67 bits per heavy atom. The van der Waals surface area contributed by atoms with E-state index in [1.165, 1.54) is 0 Å². The van der Waals surface area contributed by atoms with Crippen LogP contribution >= 0.6 is 0 Å². The first kappa shape index (κ1) is 12.7. The summed E-state index contributed by atoms with van der Waals surface area (Å²) in [6.45, 7) is 3.51. The van der Waals surface area contributed by atoms with Crippen LogP contribution in [0.5, 0.6) is 11.5 Å². The second-order valence-electron chi connectivity index (χ2n) is 4.26. The second kappa shape index (κ2) is 5.73. The molecule has 0 radical (unpaired) electrons. The molecule has 2 rings (SSSR count). The molecule has 1 aromatic rings. The molecule has 0 spiro atoms. The summed E-state index contributed by atoms with van der Waals surface area (Å²) in [5.74, 6) is 1.32.